The zero-order valence-corrected chi connectivity index (χ0v) is 13.9. The minimum atomic E-state index is -3.11. The molecule has 0 unspecified atom stereocenters. The summed E-state index contributed by atoms with van der Waals surface area (Å²) in [5, 5.41) is 0. The monoisotopic (exact) mass is 324 g/mol. The second-order valence-corrected chi connectivity index (χ2v) is 9.26. The van der Waals surface area contributed by atoms with E-state index in [9.17, 15) is 13.2 Å². The number of carbonyl (C=O) groups excluding carboxylic acids is 1. The summed E-state index contributed by atoms with van der Waals surface area (Å²) < 4.78 is 23.0. The maximum absolute atomic E-state index is 12.6. The molecule has 2 rings (SSSR count). The van der Waals surface area contributed by atoms with Crippen molar-refractivity contribution in [3.63, 3.8) is 0 Å². The van der Waals surface area contributed by atoms with Gasteiger partial charge in [-0.25, -0.2) is 8.42 Å². The third-order valence-corrected chi connectivity index (χ3v) is 7.04. The van der Waals surface area contributed by atoms with Crippen molar-refractivity contribution < 1.29 is 13.2 Å². The topological polar surface area (TPSA) is 80.5 Å². The van der Waals surface area contributed by atoms with Crippen molar-refractivity contribution in [3.05, 3.63) is 0 Å². The lowest BCUT2D eigenvalue weighted by atomic mass is 9.81. The first-order chi connectivity index (χ1) is 8.68. The summed E-state index contributed by atoms with van der Waals surface area (Å²) >= 11 is 0. The minimum absolute atomic E-state index is 0. The van der Waals surface area contributed by atoms with Gasteiger partial charge in [0.05, 0.1) is 16.0 Å². The van der Waals surface area contributed by atoms with E-state index in [-0.39, 0.29) is 37.2 Å². The van der Waals surface area contributed by atoms with E-state index in [2.05, 4.69) is 0 Å². The molecule has 1 saturated heterocycles. The molecule has 118 valence electrons. The van der Waals surface area contributed by atoms with Crippen LogP contribution in [-0.4, -0.2) is 48.4 Å². The van der Waals surface area contributed by atoms with E-state index in [4.69, 9.17) is 5.73 Å². The molecule has 5 nitrogen and oxygen atoms in total. The molecule has 0 spiro atoms. The fourth-order valence-corrected chi connectivity index (χ4v) is 4.39. The average molecular weight is 325 g/mol. The second-order valence-electron chi connectivity index (χ2n) is 6.52. The van der Waals surface area contributed by atoms with E-state index in [0.29, 0.717) is 0 Å². The summed E-state index contributed by atoms with van der Waals surface area (Å²) in [6, 6.07) is 0. The number of nitrogens with zero attached hydrogens (tertiary/aromatic N) is 1. The zero-order chi connectivity index (χ0) is 14.3. The van der Waals surface area contributed by atoms with Crippen LogP contribution in [0.4, 0.5) is 0 Å². The number of carbonyl (C=O) groups is 1. The quantitative estimate of drug-likeness (QED) is 0.783. The molecule has 1 heterocycles. The highest BCUT2D eigenvalue weighted by Gasteiger charge is 2.46. The Morgan fingerprint density at radius 2 is 1.70 bits per heavy atom. The number of hydrogen-bond acceptors (Lipinski definition) is 4. The van der Waals surface area contributed by atoms with Crippen LogP contribution in [0.25, 0.3) is 0 Å². The van der Waals surface area contributed by atoms with E-state index in [0.717, 1.165) is 32.1 Å². The van der Waals surface area contributed by atoms with Crippen molar-refractivity contribution in [2.75, 3.05) is 18.8 Å². The van der Waals surface area contributed by atoms with E-state index in [1.807, 2.05) is 0 Å². The second kappa shape index (κ2) is 5.81. The van der Waals surface area contributed by atoms with Crippen LogP contribution in [0.3, 0.4) is 0 Å². The highest BCUT2D eigenvalue weighted by molar-refractivity contribution is 7.92. The molecule has 1 aliphatic heterocycles. The van der Waals surface area contributed by atoms with Crippen LogP contribution < -0.4 is 5.73 Å². The molecule has 20 heavy (non-hydrogen) atoms. The predicted molar refractivity (Wildman–Crippen MR) is 81.7 cm³/mol. The lowest BCUT2D eigenvalue weighted by Crippen LogP contribution is -2.62. The molecular weight excluding hydrogens is 300 g/mol. The van der Waals surface area contributed by atoms with Gasteiger partial charge in [0.15, 0.2) is 9.84 Å². The maximum Gasteiger partial charge on any atom is 0.242 e. The molecule has 2 N–H and O–H groups in total. The smallest absolute Gasteiger partial charge is 0.242 e. The summed E-state index contributed by atoms with van der Waals surface area (Å²) in [4.78, 5) is 14.2. The molecule has 2 aliphatic rings. The average Bonchev–Trinajstić information content (AvgIpc) is 2.33. The van der Waals surface area contributed by atoms with Gasteiger partial charge in [0.2, 0.25) is 5.91 Å². The normalized spacial score (nSPS) is 27.4. The third kappa shape index (κ3) is 3.12. The van der Waals surface area contributed by atoms with Crippen LogP contribution in [0.1, 0.15) is 46.0 Å². The highest BCUT2D eigenvalue weighted by Crippen LogP contribution is 2.30. The van der Waals surface area contributed by atoms with Crippen LogP contribution in [-0.2, 0) is 14.6 Å². The molecule has 0 aromatic carbocycles. The minimum Gasteiger partial charge on any atom is -0.339 e. The Morgan fingerprint density at radius 3 is 2.20 bits per heavy atom. The lowest BCUT2D eigenvalue weighted by Gasteiger charge is -2.42. The molecule has 7 heteroatoms. The standard InChI is InChI=1S/C13H24N2O3S.ClH/c1-12(2)10-15(8-9-19(12,17)18)11(16)13(14)6-4-3-5-7-13;/h3-10,14H2,1-2H3;1H. The largest absolute Gasteiger partial charge is 0.339 e. The molecular formula is C13H25ClN2O3S. The number of hydrogen-bond donors (Lipinski definition) is 1. The van der Waals surface area contributed by atoms with Crippen LogP contribution in [0.2, 0.25) is 0 Å². The first kappa shape index (κ1) is 17.7. The molecule has 0 aromatic heterocycles. The van der Waals surface area contributed by atoms with Crippen molar-refractivity contribution >= 4 is 28.2 Å². The van der Waals surface area contributed by atoms with Gasteiger partial charge < -0.3 is 10.6 Å². The zero-order valence-electron chi connectivity index (χ0n) is 12.2. The predicted octanol–water partition coefficient (Wildman–Crippen LogP) is 1.11. The maximum atomic E-state index is 12.6. The Bertz CT molecular complexity index is 470. The Balaban J connectivity index is 0.00000200. The molecule has 0 aromatic rings. The molecule has 0 bridgehead atoms. The van der Waals surface area contributed by atoms with Gasteiger partial charge in [-0.2, -0.15) is 0 Å². The molecule has 0 atom stereocenters. The van der Waals surface area contributed by atoms with Crippen LogP contribution in [0, 0.1) is 0 Å². The van der Waals surface area contributed by atoms with Crippen molar-refractivity contribution in [2.24, 2.45) is 5.73 Å². The van der Waals surface area contributed by atoms with Crippen molar-refractivity contribution in [1.82, 2.24) is 4.90 Å². The molecule has 1 aliphatic carbocycles. The van der Waals surface area contributed by atoms with E-state index in [1.165, 1.54) is 0 Å². The number of sulfone groups is 1. The fraction of sp³-hybridized carbons (Fsp3) is 0.923. The molecule has 0 radical (unpaired) electrons. The Kier molecular flexibility index (Phi) is 5.15. The number of amides is 1. The van der Waals surface area contributed by atoms with Crippen molar-refractivity contribution in [3.8, 4) is 0 Å². The van der Waals surface area contributed by atoms with Gasteiger partial charge >= 0.3 is 0 Å². The Hall–Kier alpha value is -0.330. The van der Waals surface area contributed by atoms with Crippen molar-refractivity contribution in [2.45, 2.75) is 56.2 Å². The summed E-state index contributed by atoms with van der Waals surface area (Å²) in [5.74, 6) is -0.0166. The fourth-order valence-electron chi connectivity index (χ4n) is 3.03. The van der Waals surface area contributed by atoms with E-state index < -0.39 is 20.1 Å². The summed E-state index contributed by atoms with van der Waals surface area (Å²) in [5.41, 5.74) is 5.48. The Labute approximate surface area is 127 Å². The first-order valence-corrected chi connectivity index (χ1v) is 8.64. The summed E-state index contributed by atoms with van der Waals surface area (Å²) in [7, 11) is -3.11. The number of nitrogens with two attached hydrogens (primary N) is 1. The van der Waals surface area contributed by atoms with Crippen LogP contribution >= 0.6 is 12.4 Å². The van der Waals surface area contributed by atoms with Gasteiger partial charge in [-0.15, -0.1) is 12.4 Å². The number of halogens is 1. The molecule has 1 saturated carbocycles. The number of rotatable bonds is 1. The van der Waals surface area contributed by atoms with Crippen LogP contribution in [0.15, 0.2) is 0 Å². The lowest BCUT2D eigenvalue weighted by molar-refractivity contribution is -0.138. The van der Waals surface area contributed by atoms with Gasteiger partial charge in [0.1, 0.15) is 0 Å². The van der Waals surface area contributed by atoms with Gasteiger partial charge in [0.25, 0.3) is 0 Å². The third-order valence-electron chi connectivity index (χ3n) is 4.50. The van der Waals surface area contributed by atoms with Gasteiger partial charge in [-0.1, -0.05) is 19.3 Å². The van der Waals surface area contributed by atoms with Gasteiger partial charge in [0, 0.05) is 13.1 Å². The van der Waals surface area contributed by atoms with E-state index in [1.54, 1.807) is 18.7 Å². The molecule has 1 amide bonds. The Morgan fingerprint density at radius 1 is 1.15 bits per heavy atom. The highest BCUT2D eigenvalue weighted by atomic mass is 35.5. The summed E-state index contributed by atoms with van der Waals surface area (Å²) in [6.07, 6.45) is 4.53. The van der Waals surface area contributed by atoms with E-state index >= 15 is 0 Å². The van der Waals surface area contributed by atoms with Gasteiger partial charge in [-0.3, -0.25) is 4.79 Å². The van der Waals surface area contributed by atoms with Gasteiger partial charge in [-0.05, 0) is 26.7 Å². The summed E-state index contributed by atoms with van der Waals surface area (Å²) in [6.45, 7) is 3.91. The first-order valence-electron chi connectivity index (χ1n) is 6.99. The van der Waals surface area contributed by atoms with Crippen molar-refractivity contribution in [1.29, 1.82) is 0 Å². The molecule has 2 fully saturated rings. The SMILES string of the molecule is CC1(C)CN(C(=O)C2(N)CCCCC2)CCS1(=O)=O.Cl. The van der Waals surface area contributed by atoms with Crippen LogP contribution in [0.5, 0.6) is 0 Å².